The van der Waals surface area contributed by atoms with Crippen molar-refractivity contribution in [1.82, 2.24) is 15.0 Å². The first kappa shape index (κ1) is 14.2. The Morgan fingerprint density at radius 1 is 1.24 bits per heavy atom. The maximum Gasteiger partial charge on any atom is 0.323 e. The monoisotopic (exact) mass is 296 g/mol. The smallest absolute Gasteiger partial charge is 0.323 e. The van der Waals surface area contributed by atoms with E-state index in [0.717, 1.165) is 32.5 Å². The summed E-state index contributed by atoms with van der Waals surface area (Å²) in [5.41, 5.74) is 2.44. The summed E-state index contributed by atoms with van der Waals surface area (Å²) in [7, 11) is 0. The molecule has 9 nitrogen and oxygen atoms in total. The number of anilines is 2. The number of nitrogens with two attached hydrogens (primary N) is 1. The molecule has 0 bridgehead atoms. The van der Waals surface area contributed by atoms with Gasteiger partial charge in [-0.15, -0.1) is 0 Å². The van der Waals surface area contributed by atoms with E-state index >= 15 is 0 Å². The summed E-state index contributed by atoms with van der Waals surface area (Å²) in [5.74, 6) is 6.24. The van der Waals surface area contributed by atoms with E-state index in [2.05, 4.69) is 20.4 Å². The summed E-state index contributed by atoms with van der Waals surface area (Å²) in [6, 6.07) is 0.259. The zero-order valence-electron chi connectivity index (χ0n) is 11.8. The van der Waals surface area contributed by atoms with E-state index < -0.39 is 0 Å². The quantitative estimate of drug-likeness (QED) is 0.551. The standard InChI is InChI=1S/C12H20N6O3/c13-17-10-14-11(18-3-6-19-7-4-18)16-12(15-10)21-8-9-2-1-5-20-9/h9H,1-8,13H2,(H,14,15,16,17). The van der Waals surface area contributed by atoms with Crippen molar-refractivity contribution >= 4 is 11.9 Å². The number of hydrogen-bond donors (Lipinski definition) is 2. The van der Waals surface area contributed by atoms with Crippen molar-refractivity contribution in [1.29, 1.82) is 0 Å². The predicted molar refractivity (Wildman–Crippen MR) is 75.1 cm³/mol. The largest absolute Gasteiger partial charge is 0.461 e. The summed E-state index contributed by atoms with van der Waals surface area (Å²) in [4.78, 5) is 14.7. The second kappa shape index (κ2) is 6.83. The molecule has 21 heavy (non-hydrogen) atoms. The summed E-state index contributed by atoms with van der Waals surface area (Å²) < 4.78 is 16.5. The van der Waals surface area contributed by atoms with Gasteiger partial charge in [0.05, 0.1) is 19.3 Å². The number of aromatic nitrogens is 3. The van der Waals surface area contributed by atoms with Gasteiger partial charge in [0.1, 0.15) is 6.61 Å². The third-order valence-corrected chi connectivity index (χ3v) is 3.45. The molecule has 0 aliphatic carbocycles. The fourth-order valence-electron chi connectivity index (χ4n) is 2.32. The fourth-order valence-corrected chi connectivity index (χ4v) is 2.32. The molecule has 0 radical (unpaired) electrons. The number of rotatable bonds is 5. The van der Waals surface area contributed by atoms with Crippen molar-refractivity contribution in [3.05, 3.63) is 0 Å². The van der Waals surface area contributed by atoms with Gasteiger partial charge < -0.3 is 19.1 Å². The Morgan fingerprint density at radius 2 is 2.10 bits per heavy atom. The van der Waals surface area contributed by atoms with Gasteiger partial charge in [0.25, 0.3) is 0 Å². The van der Waals surface area contributed by atoms with Crippen LogP contribution in [-0.2, 0) is 9.47 Å². The molecule has 0 saturated carbocycles. The number of nitrogen functional groups attached to an aromatic ring is 1. The van der Waals surface area contributed by atoms with E-state index in [1.54, 1.807) is 0 Å². The third kappa shape index (κ3) is 3.69. The Hall–Kier alpha value is -1.71. The lowest BCUT2D eigenvalue weighted by molar-refractivity contribution is 0.0644. The summed E-state index contributed by atoms with van der Waals surface area (Å²) in [6.07, 6.45) is 2.19. The van der Waals surface area contributed by atoms with Crippen LogP contribution in [0.25, 0.3) is 0 Å². The molecule has 2 fully saturated rings. The van der Waals surface area contributed by atoms with Gasteiger partial charge in [0.2, 0.25) is 11.9 Å². The lowest BCUT2D eigenvalue weighted by atomic mass is 10.2. The van der Waals surface area contributed by atoms with E-state index in [-0.39, 0.29) is 18.1 Å². The van der Waals surface area contributed by atoms with Crippen LogP contribution in [0, 0.1) is 0 Å². The topological polar surface area (TPSA) is 108 Å². The van der Waals surface area contributed by atoms with Crippen LogP contribution in [0.15, 0.2) is 0 Å². The zero-order valence-corrected chi connectivity index (χ0v) is 11.8. The molecule has 0 spiro atoms. The first-order chi connectivity index (χ1) is 10.3. The predicted octanol–water partition coefficient (Wildman–Crippen LogP) is -0.448. The Balaban J connectivity index is 1.69. The highest BCUT2D eigenvalue weighted by Crippen LogP contribution is 2.17. The molecule has 2 aliphatic rings. The lowest BCUT2D eigenvalue weighted by Crippen LogP contribution is -2.37. The number of nitrogens with zero attached hydrogens (tertiary/aromatic N) is 4. The van der Waals surface area contributed by atoms with Crippen LogP contribution in [0.2, 0.25) is 0 Å². The first-order valence-corrected chi connectivity index (χ1v) is 7.15. The SMILES string of the molecule is NNc1nc(OCC2CCCO2)nc(N2CCOCC2)n1. The zero-order chi connectivity index (χ0) is 14.5. The molecule has 2 saturated heterocycles. The molecular formula is C12H20N6O3. The maximum absolute atomic E-state index is 5.62. The molecule has 9 heteroatoms. The Morgan fingerprint density at radius 3 is 2.81 bits per heavy atom. The first-order valence-electron chi connectivity index (χ1n) is 7.15. The Bertz CT molecular complexity index is 462. The minimum absolute atomic E-state index is 0.114. The third-order valence-electron chi connectivity index (χ3n) is 3.45. The molecule has 1 atom stereocenters. The van der Waals surface area contributed by atoms with Crippen molar-refractivity contribution in [3.8, 4) is 6.01 Å². The van der Waals surface area contributed by atoms with Gasteiger partial charge in [0, 0.05) is 19.7 Å². The van der Waals surface area contributed by atoms with E-state index in [0.29, 0.717) is 25.8 Å². The van der Waals surface area contributed by atoms with Gasteiger partial charge in [-0.2, -0.15) is 15.0 Å². The number of nitrogens with one attached hydrogen (secondary N) is 1. The normalized spacial score (nSPS) is 22.3. The fraction of sp³-hybridized carbons (Fsp3) is 0.750. The second-order valence-electron chi connectivity index (χ2n) is 4.93. The molecule has 1 unspecified atom stereocenters. The van der Waals surface area contributed by atoms with Crippen molar-refractivity contribution in [3.63, 3.8) is 0 Å². The molecule has 0 aromatic carbocycles. The molecular weight excluding hydrogens is 276 g/mol. The van der Waals surface area contributed by atoms with E-state index in [1.807, 2.05) is 4.90 Å². The molecule has 3 rings (SSSR count). The highest BCUT2D eigenvalue weighted by atomic mass is 16.5. The molecule has 1 aromatic heterocycles. The van der Waals surface area contributed by atoms with Gasteiger partial charge in [-0.25, -0.2) is 5.84 Å². The maximum atomic E-state index is 5.62. The van der Waals surface area contributed by atoms with E-state index in [1.165, 1.54) is 0 Å². The van der Waals surface area contributed by atoms with Gasteiger partial charge in [0.15, 0.2) is 0 Å². The molecule has 0 amide bonds. The molecule has 1 aromatic rings. The Kier molecular flexibility index (Phi) is 4.63. The van der Waals surface area contributed by atoms with Crippen LogP contribution in [-0.4, -0.2) is 60.6 Å². The van der Waals surface area contributed by atoms with Crippen LogP contribution in [0.1, 0.15) is 12.8 Å². The van der Waals surface area contributed by atoms with Gasteiger partial charge in [-0.1, -0.05) is 0 Å². The van der Waals surface area contributed by atoms with Gasteiger partial charge in [-0.3, -0.25) is 5.43 Å². The molecule has 116 valence electrons. The lowest BCUT2D eigenvalue weighted by Gasteiger charge is -2.26. The summed E-state index contributed by atoms with van der Waals surface area (Å²) in [6.45, 7) is 4.02. The molecule has 2 aliphatic heterocycles. The van der Waals surface area contributed by atoms with Gasteiger partial charge in [-0.05, 0) is 12.8 Å². The van der Waals surface area contributed by atoms with Crippen LogP contribution in [0.4, 0.5) is 11.9 Å². The molecule has 3 heterocycles. The number of hydrazine groups is 1. The van der Waals surface area contributed by atoms with Gasteiger partial charge >= 0.3 is 6.01 Å². The van der Waals surface area contributed by atoms with Crippen molar-refractivity contribution in [2.24, 2.45) is 5.84 Å². The van der Waals surface area contributed by atoms with Crippen molar-refractivity contribution < 1.29 is 14.2 Å². The average molecular weight is 296 g/mol. The highest BCUT2D eigenvalue weighted by molar-refractivity contribution is 5.38. The van der Waals surface area contributed by atoms with Crippen molar-refractivity contribution in [2.75, 3.05) is 49.8 Å². The van der Waals surface area contributed by atoms with Crippen LogP contribution in [0.3, 0.4) is 0 Å². The molecule has 3 N–H and O–H groups in total. The minimum Gasteiger partial charge on any atom is -0.461 e. The highest BCUT2D eigenvalue weighted by Gasteiger charge is 2.19. The summed E-state index contributed by atoms with van der Waals surface area (Å²) in [5, 5.41) is 0. The van der Waals surface area contributed by atoms with E-state index in [9.17, 15) is 0 Å². The minimum atomic E-state index is 0.114. The second-order valence-corrected chi connectivity index (χ2v) is 4.93. The summed E-state index contributed by atoms with van der Waals surface area (Å²) >= 11 is 0. The van der Waals surface area contributed by atoms with Crippen molar-refractivity contribution in [2.45, 2.75) is 18.9 Å². The average Bonchev–Trinajstić information content (AvgIpc) is 3.07. The van der Waals surface area contributed by atoms with E-state index in [4.69, 9.17) is 20.1 Å². The number of ether oxygens (including phenoxy) is 3. The van der Waals surface area contributed by atoms with Crippen LogP contribution >= 0.6 is 0 Å². The number of hydrogen-bond acceptors (Lipinski definition) is 9. The Labute approximate surface area is 122 Å². The van der Waals surface area contributed by atoms with Crippen LogP contribution < -0.4 is 20.9 Å². The number of morpholine rings is 1. The van der Waals surface area contributed by atoms with Crippen LogP contribution in [0.5, 0.6) is 6.01 Å².